The van der Waals surface area contributed by atoms with Gasteiger partial charge >= 0.3 is 0 Å². The fraction of sp³-hybridized carbons (Fsp3) is 0.545. The van der Waals surface area contributed by atoms with Gasteiger partial charge in [0.15, 0.2) is 0 Å². The van der Waals surface area contributed by atoms with E-state index in [0.29, 0.717) is 0 Å². The van der Waals surface area contributed by atoms with Gasteiger partial charge in [0.1, 0.15) is 11.1 Å². The normalized spacial score (nSPS) is 21.9. The van der Waals surface area contributed by atoms with E-state index in [2.05, 4.69) is 5.32 Å². The largest absolute Gasteiger partial charge is 0.469 e. The first-order valence-corrected chi connectivity index (χ1v) is 5.63. The van der Waals surface area contributed by atoms with Crippen LogP contribution >= 0.6 is 11.6 Å². The molecule has 0 saturated carbocycles. The van der Waals surface area contributed by atoms with Crippen LogP contribution in [0.4, 0.5) is 0 Å². The van der Waals surface area contributed by atoms with E-state index in [4.69, 9.17) is 16.0 Å². The number of alkyl halides is 1. The topological polar surface area (TPSA) is 42.2 Å². The van der Waals surface area contributed by atoms with E-state index >= 15 is 0 Å². The van der Waals surface area contributed by atoms with Crippen LogP contribution in [0.5, 0.6) is 0 Å². The Kier molecular flexibility index (Phi) is 3.00. The molecule has 0 spiro atoms. The summed E-state index contributed by atoms with van der Waals surface area (Å²) in [7, 11) is 0. The first-order chi connectivity index (χ1) is 7.18. The molecule has 1 aromatic heterocycles. The molecule has 1 N–H and O–H groups in total. The summed E-state index contributed by atoms with van der Waals surface area (Å²) in [5.74, 6) is 0.879. The Bertz CT molecular complexity index is 359. The van der Waals surface area contributed by atoms with Gasteiger partial charge in [-0.1, -0.05) is 0 Å². The van der Waals surface area contributed by atoms with E-state index in [-0.39, 0.29) is 11.9 Å². The molecule has 2 unspecified atom stereocenters. The number of carbonyl (C=O) groups is 1. The van der Waals surface area contributed by atoms with Crippen molar-refractivity contribution in [2.45, 2.75) is 37.6 Å². The zero-order chi connectivity index (χ0) is 10.8. The molecule has 82 valence electrons. The van der Waals surface area contributed by atoms with Crippen LogP contribution in [0.15, 0.2) is 16.7 Å². The second kappa shape index (κ2) is 4.27. The van der Waals surface area contributed by atoms with Crippen molar-refractivity contribution < 1.29 is 9.21 Å². The third-order valence-electron chi connectivity index (χ3n) is 2.73. The summed E-state index contributed by atoms with van der Waals surface area (Å²) < 4.78 is 5.34. The van der Waals surface area contributed by atoms with Crippen LogP contribution < -0.4 is 5.32 Å². The molecule has 2 atom stereocenters. The molecule has 1 aliphatic rings. The highest BCUT2D eigenvalue weighted by Crippen LogP contribution is 2.30. The summed E-state index contributed by atoms with van der Waals surface area (Å²) in [6.07, 6.45) is 4.65. The number of furan rings is 1. The molecule has 0 aromatic carbocycles. The minimum atomic E-state index is -0.484. The van der Waals surface area contributed by atoms with Crippen LogP contribution in [-0.4, -0.2) is 11.3 Å². The minimum absolute atomic E-state index is 0.0706. The lowest BCUT2D eigenvalue weighted by Crippen LogP contribution is -2.34. The fourth-order valence-corrected chi connectivity index (χ4v) is 1.99. The minimum Gasteiger partial charge on any atom is -0.469 e. The Hall–Kier alpha value is -0.960. The third kappa shape index (κ3) is 2.17. The zero-order valence-electron chi connectivity index (χ0n) is 8.63. The van der Waals surface area contributed by atoms with E-state index in [9.17, 15) is 4.79 Å². The average Bonchev–Trinajstić information content (AvgIpc) is 2.66. The van der Waals surface area contributed by atoms with Gasteiger partial charge in [0.05, 0.1) is 12.3 Å². The van der Waals surface area contributed by atoms with Crippen LogP contribution in [-0.2, 0) is 11.2 Å². The van der Waals surface area contributed by atoms with Gasteiger partial charge in [0.2, 0.25) is 5.91 Å². The van der Waals surface area contributed by atoms with E-state index in [1.807, 2.05) is 6.07 Å². The molecule has 0 fully saturated rings. The van der Waals surface area contributed by atoms with Crippen LogP contribution in [0.1, 0.15) is 37.1 Å². The van der Waals surface area contributed by atoms with E-state index in [1.165, 1.54) is 0 Å². The highest BCUT2D eigenvalue weighted by molar-refractivity contribution is 6.30. The van der Waals surface area contributed by atoms with E-state index < -0.39 is 5.38 Å². The van der Waals surface area contributed by atoms with Gasteiger partial charge in [-0.3, -0.25) is 4.79 Å². The van der Waals surface area contributed by atoms with Crippen LogP contribution in [0.3, 0.4) is 0 Å². The SMILES string of the molecule is CC(Cl)C(=O)NC1CCCc2occc21. The third-order valence-corrected chi connectivity index (χ3v) is 2.93. The van der Waals surface area contributed by atoms with Gasteiger partial charge in [0, 0.05) is 12.0 Å². The maximum absolute atomic E-state index is 11.5. The average molecular weight is 228 g/mol. The maximum atomic E-state index is 11.5. The van der Waals surface area contributed by atoms with Gasteiger partial charge in [-0.15, -0.1) is 11.6 Å². The molecule has 1 amide bonds. The van der Waals surface area contributed by atoms with Crippen molar-refractivity contribution in [3.63, 3.8) is 0 Å². The molecule has 0 saturated heterocycles. The number of nitrogens with one attached hydrogen (secondary N) is 1. The summed E-state index contributed by atoms with van der Waals surface area (Å²) in [6.45, 7) is 1.68. The number of hydrogen-bond donors (Lipinski definition) is 1. The second-order valence-corrected chi connectivity index (χ2v) is 4.52. The van der Waals surface area contributed by atoms with Gasteiger partial charge in [0.25, 0.3) is 0 Å². The van der Waals surface area contributed by atoms with Crippen molar-refractivity contribution in [1.82, 2.24) is 5.32 Å². The number of aryl methyl sites for hydroxylation is 1. The lowest BCUT2D eigenvalue weighted by molar-refractivity contribution is -0.121. The summed E-state index contributed by atoms with van der Waals surface area (Å²) in [4.78, 5) is 11.5. The number of rotatable bonds is 2. The second-order valence-electron chi connectivity index (χ2n) is 3.87. The Morgan fingerprint density at radius 1 is 1.73 bits per heavy atom. The van der Waals surface area contributed by atoms with Gasteiger partial charge < -0.3 is 9.73 Å². The van der Waals surface area contributed by atoms with Crippen molar-refractivity contribution in [2.75, 3.05) is 0 Å². The highest BCUT2D eigenvalue weighted by Gasteiger charge is 2.24. The van der Waals surface area contributed by atoms with Crippen LogP contribution in [0.2, 0.25) is 0 Å². The number of halogens is 1. The molecular weight excluding hydrogens is 214 g/mol. The fourth-order valence-electron chi connectivity index (χ4n) is 1.92. The molecule has 0 radical (unpaired) electrons. The van der Waals surface area contributed by atoms with Crippen molar-refractivity contribution in [1.29, 1.82) is 0 Å². The van der Waals surface area contributed by atoms with Crippen molar-refractivity contribution in [3.8, 4) is 0 Å². The van der Waals surface area contributed by atoms with Gasteiger partial charge in [-0.25, -0.2) is 0 Å². The molecule has 0 bridgehead atoms. The lowest BCUT2D eigenvalue weighted by atomic mass is 9.93. The Labute approximate surface area is 93.8 Å². The predicted octanol–water partition coefficient (Wildman–Crippen LogP) is 2.40. The number of fused-ring (bicyclic) bond motifs is 1. The molecule has 15 heavy (non-hydrogen) atoms. The molecule has 1 heterocycles. The first kappa shape index (κ1) is 10.6. The summed E-state index contributed by atoms with van der Waals surface area (Å²) >= 11 is 5.71. The molecule has 4 heteroatoms. The standard InChI is InChI=1S/C11H14ClNO2/c1-7(12)11(14)13-9-3-2-4-10-8(9)5-6-15-10/h5-7,9H,2-4H2,1H3,(H,13,14). The number of hydrogen-bond acceptors (Lipinski definition) is 2. The van der Waals surface area contributed by atoms with E-state index in [0.717, 1.165) is 30.6 Å². The Morgan fingerprint density at radius 2 is 2.53 bits per heavy atom. The highest BCUT2D eigenvalue weighted by atomic mass is 35.5. The lowest BCUT2D eigenvalue weighted by Gasteiger charge is -2.23. The number of carbonyl (C=O) groups excluding carboxylic acids is 1. The molecule has 1 aromatic rings. The molecule has 2 rings (SSSR count). The zero-order valence-corrected chi connectivity index (χ0v) is 9.38. The summed E-state index contributed by atoms with van der Waals surface area (Å²) in [6, 6.07) is 2.00. The summed E-state index contributed by atoms with van der Waals surface area (Å²) in [5.41, 5.74) is 1.10. The Balaban J connectivity index is 2.10. The molecule has 3 nitrogen and oxygen atoms in total. The van der Waals surface area contributed by atoms with Crippen molar-refractivity contribution >= 4 is 17.5 Å². The molecule has 0 aliphatic heterocycles. The van der Waals surface area contributed by atoms with Gasteiger partial charge in [-0.2, -0.15) is 0 Å². The Morgan fingerprint density at radius 3 is 3.27 bits per heavy atom. The van der Waals surface area contributed by atoms with Crippen LogP contribution in [0.25, 0.3) is 0 Å². The summed E-state index contributed by atoms with van der Waals surface area (Å²) in [5, 5.41) is 2.45. The first-order valence-electron chi connectivity index (χ1n) is 5.19. The maximum Gasteiger partial charge on any atom is 0.238 e. The monoisotopic (exact) mass is 227 g/mol. The van der Waals surface area contributed by atoms with Crippen molar-refractivity contribution in [3.05, 3.63) is 23.7 Å². The molecule has 1 aliphatic carbocycles. The molecular formula is C11H14ClNO2. The van der Waals surface area contributed by atoms with Crippen LogP contribution in [0, 0.1) is 0 Å². The van der Waals surface area contributed by atoms with Gasteiger partial charge in [-0.05, 0) is 25.8 Å². The van der Waals surface area contributed by atoms with E-state index in [1.54, 1.807) is 13.2 Å². The predicted molar refractivity (Wildman–Crippen MR) is 57.8 cm³/mol. The number of amides is 1. The smallest absolute Gasteiger partial charge is 0.238 e. The quantitative estimate of drug-likeness (QED) is 0.789. The van der Waals surface area contributed by atoms with Crippen molar-refractivity contribution in [2.24, 2.45) is 0 Å².